The summed E-state index contributed by atoms with van der Waals surface area (Å²) in [6.07, 6.45) is 0.979. The van der Waals surface area contributed by atoms with E-state index in [-0.39, 0.29) is 16.6 Å². The van der Waals surface area contributed by atoms with Crippen molar-refractivity contribution in [3.63, 3.8) is 0 Å². The Labute approximate surface area is 117 Å². The molecule has 2 aromatic rings. The highest BCUT2D eigenvalue weighted by Gasteiger charge is 2.14. The zero-order valence-corrected chi connectivity index (χ0v) is 11.8. The zero-order valence-electron chi connectivity index (χ0n) is 10.2. The highest BCUT2D eigenvalue weighted by Crippen LogP contribution is 2.17. The molecule has 0 atom stereocenters. The first kappa shape index (κ1) is 13.7. The fraction of sp³-hybridized carbons (Fsp3) is 0.250. The predicted molar refractivity (Wildman–Crippen MR) is 73.9 cm³/mol. The Bertz CT molecular complexity index is 604. The van der Waals surface area contributed by atoms with Gasteiger partial charge in [0.1, 0.15) is 0 Å². The number of carbonyl (C=O) groups is 2. The second-order valence-electron chi connectivity index (χ2n) is 3.75. The van der Waals surface area contributed by atoms with Crippen molar-refractivity contribution in [1.82, 2.24) is 10.3 Å². The molecule has 2 rings (SSSR count). The van der Waals surface area contributed by atoms with Crippen LogP contribution in [-0.4, -0.2) is 22.0 Å². The number of hydrogen-bond donors (Lipinski definition) is 2. The molecule has 0 unspecified atom stereocenters. The van der Waals surface area contributed by atoms with Crippen molar-refractivity contribution in [3.8, 4) is 0 Å². The molecule has 7 heteroatoms. The number of aromatic nitrogens is 1. The van der Waals surface area contributed by atoms with Gasteiger partial charge in [0.25, 0.3) is 5.91 Å². The van der Waals surface area contributed by atoms with Gasteiger partial charge < -0.3 is 10.4 Å². The maximum Gasteiger partial charge on any atom is 0.355 e. The van der Waals surface area contributed by atoms with E-state index in [1.807, 2.05) is 12.1 Å². The molecule has 2 aromatic heterocycles. The van der Waals surface area contributed by atoms with E-state index < -0.39 is 5.97 Å². The smallest absolute Gasteiger partial charge is 0.355 e. The molecule has 0 saturated carbocycles. The van der Waals surface area contributed by atoms with Gasteiger partial charge in [-0.25, -0.2) is 9.78 Å². The number of nitrogens with zero attached hydrogens (tertiary/aromatic N) is 1. The van der Waals surface area contributed by atoms with Gasteiger partial charge in [-0.15, -0.1) is 22.7 Å². The number of amides is 1. The molecule has 0 aliphatic carbocycles. The van der Waals surface area contributed by atoms with E-state index in [0.717, 1.165) is 22.6 Å². The summed E-state index contributed by atoms with van der Waals surface area (Å²) < 4.78 is 0. The summed E-state index contributed by atoms with van der Waals surface area (Å²) in [4.78, 5) is 28.5. The largest absolute Gasteiger partial charge is 0.476 e. The van der Waals surface area contributed by atoms with Crippen molar-refractivity contribution >= 4 is 34.6 Å². The van der Waals surface area contributed by atoms with Crippen LogP contribution in [0.1, 0.15) is 37.0 Å². The molecule has 0 aliphatic heterocycles. The van der Waals surface area contributed by atoms with Crippen LogP contribution in [0.3, 0.4) is 0 Å². The number of aryl methyl sites for hydroxylation is 1. The topological polar surface area (TPSA) is 79.3 Å². The lowest BCUT2D eigenvalue weighted by molar-refractivity contribution is 0.0691. The van der Waals surface area contributed by atoms with Crippen LogP contribution >= 0.6 is 22.7 Å². The molecule has 0 fully saturated rings. The van der Waals surface area contributed by atoms with Gasteiger partial charge in [-0.05, 0) is 18.6 Å². The van der Waals surface area contributed by atoms with Crippen LogP contribution in [0.25, 0.3) is 0 Å². The van der Waals surface area contributed by atoms with Gasteiger partial charge in [-0.3, -0.25) is 4.79 Å². The highest BCUT2D eigenvalue weighted by atomic mass is 32.1. The maximum absolute atomic E-state index is 11.8. The van der Waals surface area contributed by atoms with E-state index in [4.69, 9.17) is 5.11 Å². The van der Waals surface area contributed by atoms with Crippen molar-refractivity contribution in [2.45, 2.75) is 19.9 Å². The van der Waals surface area contributed by atoms with E-state index in [0.29, 0.717) is 6.54 Å². The molecular weight excluding hydrogens is 284 g/mol. The third-order valence-corrected chi connectivity index (χ3v) is 4.48. The zero-order chi connectivity index (χ0) is 13.8. The van der Waals surface area contributed by atoms with Gasteiger partial charge in [-0.1, -0.05) is 6.92 Å². The number of nitrogens with one attached hydrogen (secondary N) is 1. The fourth-order valence-electron chi connectivity index (χ4n) is 1.43. The maximum atomic E-state index is 11.8. The van der Waals surface area contributed by atoms with Gasteiger partial charge >= 0.3 is 5.97 Å². The molecule has 0 aliphatic rings. The third kappa shape index (κ3) is 3.39. The van der Waals surface area contributed by atoms with Crippen LogP contribution in [0.2, 0.25) is 0 Å². The van der Waals surface area contributed by atoms with Gasteiger partial charge in [0, 0.05) is 15.1 Å². The quantitative estimate of drug-likeness (QED) is 0.888. The number of carboxylic acids is 1. The van der Waals surface area contributed by atoms with Crippen LogP contribution in [0.5, 0.6) is 0 Å². The number of thiophene rings is 1. The number of carbonyl (C=O) groups excluding carboxylic acids is 1. The number of aromatic carboxylic acids is 1. The SMILES string of the molecule is CCc1ccc(CNC(=O)c2nc(C(=O)O)cs2)s1. The molecule has 0 bridgehead atoms. The normalized spacial score (nSPS) is 10.4. The Morgan fingerprint density at radius 3 is 2.68 bits per heavy atom. The number of rotatable bonds is 5. The average Bonchev–Trinajstić information content (AvgIpc) is 3.04. The van der Waals surface area contributed by atoms with Gasteiger partial charge in [-0.2, -0.15) is 0 Å². The van der Waals surface area contributed by atoms with Crippen molar-refractivity contribution in [2.24, 2.45) is 0 Å². The molecule has 19 heavy (non-hydrogen) atoms. The van der Waals surface area contributed by atoms with E-state index in [1.54, 1.807) is 11.3 Å². The third-order valence-electron chi connectivity index (χ3n) is 2.41. The molecule has 1 amide bonds. The highest BCUT2D eigenvalue weighted by molar-refractivity contribution is 7.12. The van der Waals surface area contributed by atoms with Crippen LogP contribution < -0.4 is 5.32 Å². The predicted octanol–water partition coefficient (Wildman–Crippen LogP) is 2.40. The summed E-state index contributed by atoms with van der Waals surface area (Å²) in [6.45, 7) is 2.52. The first-order chi connectivity index (χ1) is 9.10. The number of carboxylic acid groups (broad SMARTS) is 1. The molecule has 5 nitrogen and oxygen atoms in total. The Morgan fingerprint density at radius 1 is 1.37 bits per heavy atom. The molecule has 100 valence electrons. The van der Waals surface area contributed by atoms with Gasteiger partial charge in [0.2, 0.25) is 0 Å². The molecule has 0 spiro atoms. The first-order valence-electron chi connectivity index (χ1n) is 5.64. The Balaban J connectivity index is 1.95. The Morgan fingerprint density at radius 2 is 2.11 bits per heavy atom. The van der Waals surface area contributed by atoms with Crippen molar-refractivity contribution in [1.29, 1.82) is 0 Å². The average molecular weight is 296 g/mol. The summed E-state index contributed by atoms with van der Waals surface area (Å²) in [5, 5.41) is 13.0. The van der Waals surface area contributed by atoms with Gasteiger partial charge in [0.15, 0.2) is 10.7 Å². The minimum absolute atomic E-state index is 0.0976. The summed E-state index contributed by atoms with van der Waals surface area (Å²) in [5.74, 6) is -1.47. The summed E-state index contributed by atoms with van der Waals surface area (Å²) >= 11 is 2.68. The van der Waals surface area contributed by atoms with Crippen LogP contribution in [0, 0.1) is 0 Å². The van der Waals surface area contributed by atoms with Crippen LogP contribution in [0.15, 0.2) is 17.5 Å². The summed E-state index contributed by atoms with van der Waals surface area (Å²) in [5.41, 5.74) is -0.0976. The van der Waals surface area contributed by atoms with Gasteiger partial charge in [0.05, 0.1) is 6.54 Å². The Hall–Kier alpha value is -1.73. The van der Waals surface area contributed by atoms with Crippen LogP contribution in [0.4, 0.5) is 0 Å². The first-order valence-corrected chi connectivity index (χ1v) is 7.34. The monoisotopic (exact) mass is 296 g/mol. The lowest BCUT2D eigenvalue weighted by Crippen LogP contribution is -2.22. The lowest BCUT2D eigenvalue weighted by atomic mass is 10.3. The second-order valence-corrected chi connectivity index (χ2v) is 5.86. The lowest BCUT2D eigenvalue weighted by Gasteiger charge is -1.99. The number of thiazole rings is 1. The van der Waals surface area contributed by atoms with Crippen molar-refractivity contribution < 1.29 is 14.7 Å². The molecular formula is C12H12N2O3S2. The summed E-state index contributed by atoms with van der Waals surface area (Å²) in [7, 11) is 0. The molecule has 2 heterocycles. The minimum atomic E-state index is -1.12. The Kier molecular flexibility index (Phi) is 4.28. The van der Waals surface area contributed by atoms with Crippen LogP contribution in [-0.2, 0) is 13.0 Å². The summed E-state index contributed by atoms with van der Waals surface area (Å²) in [6, 6.07) is 4.02. The van der Waals surface area contributed by atoms with Crippen molar-refractivity contribution in [2.75, 3.05) is 0 Å². The van der Waals surface area contributed by atoms with E-state index in [9.17, 15) is 9.59 Å². The molecule has 0 aromatic carbocycles. The minimum Gasteiger partial charge on any atom is -0.476 e. The van der Waals surface area contributed by atoms with Crippen molar-refractivity contribution in [3.05, 3.63) is 38.0 Å². The standard InChI is InChI=1S/C12H12N2O3S2/c1-2-7-3-4-8(19-7)5-13-10(15)11-14-9(6-18-11)12(16)17/h3-4,6H,2,5H2,1H3,(H,13,15)(H,16,17). The second kappa shape index (κ2) is 5.94. The van der Waals surface area contributed by atoms with E-state index in [1.165, 1.54) is 10.3 Å². The molecule has 0 saturated heterocycles. The fourth-order valence-corrected chi connectivity index (χ4v) is 3.03. The number of hydrogen-bond acceptors (Lipinski definition) is 5. The molecule has 0 radical (unpaired) electrons. The van der Waals surface area contributed by atoms with E-state index >= 15 is 0 Å². The molecule has 2 N–H and O–H groups in total. The van der Waals surface area contributed by atoms with E-state index in [2.05, 4.69) is 17.2 Å².